The third-order valence-electron chi connectivity index (χ3n) is 4.79. The molecule has 0 atom stereocenters. The number of benzene rings is 3. The maximum absolute atomic E-state index is 4.67. The number of hydrogen-bond acceptors (Lipinski definition) is 2. The van der Waals surface area contributed by atoms with Gasteiger partial charge < -0.3 is 0 Å². The van der Waals surface area contributed by atoms with E-state index in [1.54, 1.807) is 0 Å². The van der Waals surface area contributed by atoms with Crippen LogP contribution in [0.25, 0.3) is 44.1 Å². The van der Waals surface area contributed by atoms with Crippen molar-refractivity contribution in [3.05, 3.63) is 97.3 Å². The summed E-state index contributed by atoms with van der Waals surface area (Å²) < 4.78 is 0. The van der Waals surface area contributed by atoms with Crippen molar-refractivity contribution < 1.29 is 17.1 Å². The van der Waals surface area contributed by atoms with Crippen LogP contribution in [-0.2, 0) is 17.1 Å². The molecule has 5 rings (SSSR count). The predicted molar refractivity (Wildman–Crippen MR) is 108 cm³/mol. The summed E-state index contributed by atoms with van der Waals surface area (Å²) in [5.41, 5.74) is 6.65. The Kier molecular flexibility index (Phi) is 4.72. The van der Waals surface area contributed by atoms with Crippen molar-refractivity contribution in [3.8, 4) is 22.3 Å². The molecule has 0 aliphatic heterocycles. The van der Waals surface area contributed by atoms with Gasteiger partial charge in [-0.05, 0) is 34.4 Å². The predicted octanol–water partition coefficient (Wildman–Crippen LogP) is 6.11. The quantitative estimate of drug-likeness (QED) is 0.266. The Bertz CT molecular complexity index is 1120. The normalized spacial score (nSPS) is 10.7. The minimum atomic E-state index is 0. The molecule has 0 fully saturated rings. The molecule has 0 saturated heterocycles. The summed E-state index contributed by atoms with van der Waals surface area (Å²) in [6.07, 6.45) is 3.75. The molecule has 0 saturated carbocycles. The Morgan fingerprint density at radius 3 is 1.26 bits per heavy atom. The summed E-state index contributed by atoms with van der Waals surface area (Å²) in [4.78, 5) is 9.34. The molecule has 0 unspecified atom stereocenters. The van der Waals surface area contributed by atoms with Crippen LogP contribution in [0.15, 0.2) is 97.3 Å². The van der Waals surface area contributed by atoms with Gasteiger partial charge in [-0.15, -0.1) is 0 Å². The second kappa shape index (κ2) is 7.32. The van der Waals surface area contributed by atoms with Gasteiger partial charge in [0.25, 0.3) is 0 Å². The van der Waals surface area contributed by atoms with Crippen molar-refractivity contribution in [3.63, 3.8) is 0 Å². The zero-order valence-electron chi connectivity index (χ0n) is 14.4. The van der Waals surface area contributed by atoms with Gasteiger partial charge in [0.2, 0.25) is 0 Å². The van der Waals surface area contributed by atoms with E-state index in [1.165, 1.54) is 22.3 Å². The van der Waals surface area contributed by atoms with Gasteiger partial charge in [-0.3, -0.25) is 9.97 Å². The van der Waals surface area contributed by atoms with Crippen molar-refractivity contribution in [2.45, 2.75) is 0 Å². The zero-order valence-corrected chi connectivity index (χ0v) is 15.4. The molecular weight excluding hydrogens is 380 g/mol. The minimum absolute atomic E-state index is 0. The minimum Gasteiger partial charge on any atom is -0.254 e. The van der Waals surface area contributed by atoms with Crippen molar-refractivity contribution in [1.82, 2.24) is 9.97 Å². The van der Waals surface area contributed by atoms with Crippen LogP contribution in [-0.4, -0.2) is 9.97 Å². The van der Waals surface area contributed by atoms with Gasteiger partial charge in [-0.25, -0.2) is 0 Å². The number of pyridine rings is 2. The molecular formula is C24H16CuN2. The molecule has 3 aromatic carbocycles. The van der Waals surface area contributed by atoms with Crippen LogP contribution in [0.3, 0.4) is 0 Å². The Morgan fingerprint density at radius 1 is 0.444 bits per heavy atom. The zero-order chi connectivity index (χ0) is 17.3. The van der Waals surface area contributed by atoms with E-state index in [0.29, 0.717) is 0 Å². The van der Waals surface area contributed by atoms with Crippen LogP contribution in [0.5, 0.6) is 0 Å². The number of nitrogens with zero attached hydrogens (tertiary/aromatic N) is 2. The summed E-state index contributed by atoms with van der Waals surface area (Å²) in [6, 6.07) is 29.3. The number of fused-ring (bicyclic) bond motifs is 3. The van der Waals surface area contributed by atoms with Gasteiger partial charge in [-0.2, -0.15) is 0 Å². The van der Waals surface area contributed by atoms with Crippen LogP contribution < -0.4 is 0 Å². The van der Waals surface area contributed by atoms with Crippen LogP contribution in [0, 0.1) is 0 Å². The van der Waals surface area contributed by atoms with Gasteiger partial charge in [0.1, 0.15) is 0 Å². The molecule has 133 valence electrons. The fourth-order valence-corrected chi connectivity index (χ4v) is 3.57. The number of aromatic nitrogens is 2. The largest absolute Gasteiger partial charge is 0.254 e. The van der Waals surface area contributed by atoms with Gasteiger partial charge >= 0.3 is 0 Å². The number of hydrogen-bond donors (Lipinski definition) is 0. The van der Waals surface area contributed by atoms with E-state index >= 15 is 0 Å². The summed E-state index contributed by atoms with van der Waals surface area (Å²) >= 11 is 0. The molecule has 0 bridgehead atoms. The van der Waals surface area contributed by atoms with E-state index in [0.717, 1.165) is 21.8 Å². The third-order valence-corrected chi connectivity index (χ3v) is 4.79. The average Bonchev–Trinajstić information content (AvgIpc) is 2.74. The summed E-state index contributed by atoms with van der Waals surface area (Å²) in [5.74, 6) is 0. The Labute approximate surface area is 168 Å². The van der Waals surface area contributed by atoms with Crippen molar-refractivity contribution >= 4 is 21.8 Å². The topological polar surface area (TPSA) is 25.8 Å². The van der Waals surface area contributed by atoms with Gasteiger partial charge in [0.15, 0.2) is 0 Å². The Morgan fingerprint density at radius 2 is 0.852 bits per heavy atom. The monoisotopic (exact) mass is 395 g/mol. The second-order valence-electron chi connectivity index (χ2n) is 6.31. The molecule has 0 aliphatic rings. The average molecular weight is 396 g/mol. The van der Waals surface area contributed by atoms with E-state index in [-0.39, 0.29) is 17.1 Å². The molecule has 0 N–H and O–H groups in total. The SMILES string of the molecule is [Cu].c1ccc(-c2ccnc3c2ccc2c(-c4ccccc4)ccnc23)cc1. The van der Waals surface area contributed by atoms with Crippen LogP contribution in [0.1, 0.15) is 0 Å². The maximum Gasteiger partial charge on any atom is 0.0970 e. The molecule has 0 amide bonds. The van der Waals surface area contributed by atoms with E-state index in [2.05, 4.69) is 82.8 Å². The van der Waals surface area contributed by atoms with E-state index < -0.39 is 0 Å². The third kappa shape index (κ3) is 3.01. The summed E-state index contributed by atoms with van der Waals surface area (Å²) in [5, 5.41) is 2.26. The molecule has 2 nitrogen and oxygen atoms in total. The van der Waals surface area contributed by atoms with E-state index in [4.69, 9.17) is 0 Å². The fourth-order valence-electron chi connectivity index (χ4n) is 3.57. The first-order valence-corrected chi connectivity index (χ1v) is 8.69. The maximum atomic E-state index is 4.67. The molecule has 2 aromatic heterocycles. The Balaban J connectivity index is 0.00000180. The van der Waals surface area contributed by atoms with Crippen molar-refractivity contribution in [2.24, 2.45) is 0 Å². The first-order valence-electron chi connectivity index (χ1n) is 8.69. The molecule has 3 heteroatoms. The fraction of sp³-hybridized carbons (Fsp3) is 0. The first kappa shape index (κ1) is 17.4. The van der Waals surface area contributed by atoms with E-state index in [1.807, 2.05) is 24.5 Å². The van der Waals surface area contributed by atoms with Crippen molar-refractivity contribution in [1.29, 1.82) is 0 Å². The molecule has 5 aromatic rings. The standard InChI is InChI=1S/C24H16N2.Cu/c1-3-7-17(8-4-1)19-13-15-25-23-21(19)11-12-22-20(14-16-26-24(22)23)18-9-5-2-6-10-18;/h1-16H;. The summed E-state index contributed by atoms with van der Waals surface area (Å²) in [7, 11) is 0. The van der Waals surface area contributed by atoms with Gasteiger partial charge in [0.05, 0.1) is 11.0 Å². The van der Waals surface area contributed by atoms with Gasteiger partial charge in [-0.1, -0.05) is 72.8 Å². The van der Waals surface area contributed by atoms with Crippen LogP contribution >= 0.6 is 0 Å². The smallest absolute Gasteiger partial charge is 0.0970 e. The molecule has 1 radical (unpaired) electrons. The van der Waals surface area contributed by atoms with E-state index in [9.17, 15) is 0 Å². The molecule has 0 aliphatic carbocycles. The summed E-state index contributed by atoms with van der Waals surface area (Å²) in [6.45, 7) is 0. The van der Waals surface area contributed by atoms with Gasteiger partial charge in [0, 0.05) is 40.2 Å². The van der Waals surface area contributed by atoms with Crippen LogP contribution in [0.2, 0.25) is 0 Å². The van der Waals surface area contributed by atoms with Crippen LogP contribution in [0.4, 0.5) is 0 Å². The Hall–Kier alpha value is -3.00. The second-order valence-corrected chi connectivity index (χ2v) is 6.31. The van der Waals surface area contributed by atoms with Crippen molar-refractivity contribution in [2.75, 3.05) is 0 Å². The molecule has 27 heavy (non-hydrogen) atoms. The first-order chi connectivity index (χ1) is 12.9. The molecule has 2 heterocycles. The molecule has 0 spiro atoms. The number of rotatable bonds is 2.